The highest BCUT2D eigenvalue weighted by atomic mass is 19.5. The van der Waals surface area contributed by atoms with E-state index in [0.717, 1.165) is 0 Å². The third-order valence-electron chi connectivity index (χ3n) is 10.2. The number of rotatable bonds is 4. The summed E-state index contributed by atoms with van der Waals surface area (Å²) in [6, 6.07) is 20.8. The second-order valence-electron chi connectivity index (χ2n) is 15.8. The summed E-state index contributed by atoms with van der Waals surface area (Å²) in [6.45, 7) is 0. The Hall–Kier alpha value is -7.94. The van der Waals surface area contributed by atoms with Crippen molar-refractivity contribution in [2.45, 2.75) is 0 Å². The van der Waals surface area contributed by atoms with Gasteiger partial charge in [0, 0.05) is 68.6 Å². The first kappa shape index (κ1) is 58.9. The Morgan fingerprint density at radius 1 is 0.316 bits per heavy atom. The largest absolute Gasteiger partial charge is 0.673 e. The van der Waals surface area contributed by atoms with Gasteiger partial charge in [-0.3, -0.25) is 0 Å². The van der Waals surface area contributed by atoms with E-state index in [1.54, 1.807) is 150 Å². The van der Waals surface area contributed by atoms with E-state index >= 15 is 17.6 Å². The van der Waals surface area contributed by atoms with Crippen LogP contribution >= 0.6 is 0 Å². The van der Waals surface area contributed by atoms with E-state index in [9.17, 15) is 69.1 Å². The molecule has 9 rings (SSSR count). The monoisotopic (exact) mass is 1100 g/mol. The molecule has 0 saturated heterocycles. The van der Waals surface area contributed by atoms with Crippen LogP contribution in [0.3, 0.4) is 0 Å². The Labute approximate surface area is 416 Å². The van der Waals surface area contributed by atoms with Gasteiger partial charge < -0.3 is 79.0 Å². The van der Waals surface area contributed by atoms with E-state index in [-0.39, 0.29) is 22.3 Å². The molecule has 0 atom stereocenters. The lowest BCUT2D eigenvalue weighted by atomic mass is 10.0. The molecule has 8 bridgehead atoms. The Kier molecular flexibility index (Phi) is 18.1. The number of aromatic nitrogens is 8. The molecule has 8 nitrogen and oxygen atoms in total. The van der Waals surface area contributed by atoms with Crippen molar-refractivity contribution in [1.82, 2.24) is 19.9 Å². The average Bonchev–Trinajstić information content (AvgIpc) is 4.13. The summed E-state index contributed by atoms with van der Waals surface area (Å²) in [5.74, 6) is -2.02. The highest BCUT2D eigenvalue weighted by molar-refractivity contribution is 6.51. The van der Waals surface area contributed by atoms with Gasteiger partial charge in [-0.15, -0.1) is 17.6 Å². The van der Waals surface area contributed by atoms with Crippen LogP contribution in [0.25, 0.3) is 90.9 Å². The lowest BCUT2D eigenvalue weighted by Crippen LogP contribution is -2.32. The minimum Gasteiger partial charge on any atom is -0.418 e. The molecular weight excluding hydrogens is 1060 g/mol. The van der Waals surface area contributed by atoms with Crippen molar-refractivity contribution in [3.05, 3.63) is 144 Å². The molecule has 9 heterocycles. The van der Waals surface area contributed by atoms with Crippen molar-refractivity contribution >= 4 is 75.4 Å². The lowest BCUT2D eigenvalue weighted by molar-refractivity contribution is -0.699. The third kappa shape index (κ3) is 16.0. The highest BCUT2D eigenvalue weighted by Crippen LogP contribution is 2.39. The van der Waals surface area contributed by atoms with Crippen LogP contribution in [0.1, 0.15) is 22.8 Å². The van der Waals surface area contributed by atoms with Gasteiger partial charge in [0.2, 0.25) is 0 Å². The molecule has 32 heteroatoms. The van der Waals surface area contributed by atoms with Crippen LogP contribution in [0.4, 0.5) is 86.6 Å². The quantitative estimate of drug-likeness (QED) is 0.0798. The highest BCUT2D eigenvalue weighted by Gasteiger charge is 2.28. The third-order valence-corrected chi connectivity index (χ3v) is 10.2. The molecule has 0 radical (unpaired) electrons. The van der Waals surface area contributed by atoms with Crippen molar-refractivity contribution in [1.29, 1.82) is 0 Å². The lowest BCUT2D eigenvalue weighted by Gasteiger charge is -2.06. The van der Waals surface area contributed by atoms with E-state index in [1.807, 2.05) is 0 Å². The fourth-order valence-electron chi connectivity index (χ4n) is 7.46. The molecule has 2 aliphatic heterocycles. The van der Waals surface area contributed by atoms with E-state index in [1.165, 1.54) is 18.3 Å². The molecule has 7 aromatic heterocycles. The Bertz CT molecular complexity index is 3030. The number of fused-ring (bicyclic) bond motifs is 8. The number of nitrogens with zero attached hydrogens (tertiary/aromatic N) is 6. The SMILES string of the molecule is C[n+]1cccc(-c2c3nc(c(-c4ccc[n+](C)c4F)c4ccc([nH]4)c(-c4ccc[n+](C)c4F)c4nc(c(-c5ccc[n+](C)c5F)c5ccc2[nH]5)C=C4)C=C3)c1F.F[B-](F)(F)F.F[B-](F)(F)F.F[B-](F)(F)F.F[B-](F)(F)F. The zero-order valence-corrected chi connectivity index (χ0v) is 39.1. The summed E-state index contributed by atoms with van der Waals surface area (Å²) in [6.07, 6.45) is 13.5. The van der Waals surface area contributed by atoms with Crippen LogP contribution in [0.5, 0.6) is 0 Å². The van der Waals surface area contributed by atoms with Crippen LogP contribution in [0.15, 0.2) is 97.6 Å². The molecular formula is C44H34B4F20N8. The molecule has 76 heavy (non-hydrogen) atoms. The summed E-state index contributed by atoms with van der Waals surface area (Å²) in [7, 11) is -17.6. The molecule has 0 saturated carbocycles. The maximum atomic E-state index is 16.1. The number of hydrogen-bond acceptors (Lipinski definition) is 2. The van der Waals surface area contributed by atoms with Crippen LogP contribution in [-0.4, -0.2) is 49.0 Å². The first-order valence-electron chi connectivity index (χ1n) is 21.3. The molecule has 0 aromatic carbocycles. The average molecular weight is 1100 g/mol. The maximum absolute atomic E-state index is 16.1. The predicted molar refractivity (Wildman–Crippen MR) is 246 cm³/mol. The van der Waals surface area contributed by atoms with Crippen molar-refractivity contribution in [2.75, 3.05) is 0 Å². The van der Waals surface area contributed by atoms with Gasteiger partial charge in [0.25, 0.3) is 0 Å². The molecule has 0 aliphatic carbocycles. The van der Waals surface area contributed by atoms with Gasteiger partial charge in [-0.05, 0) is 72.8 Å². The summed E-state index contributed by atoms with van der Waals surface area (Å²) in [5.41, 5.74) is 6.44. The normalized spacial score (nSPS) is 12.1. The molecule has 2 N–H and O–H groups in total. The smallest absolute Gasteiger partial charge is 0.418 e. The van der Waals surface area contributed by atoms with Gasteiger partial charge in [0.05, 0.1) is 45.0 Å². The fourth-order valence-corrected chi connectivity index (χ4v) is 7.46. The Morgan fingerprint density at radius 3 is 0.658 bits per heavy atom. The second kappa shape index (κ2) is 23.3. The van der Waals surface area contributed by atoms with E-state index in [2.05, 4.69) is 9.97 Å². The minimum atomic E-state index is -6.00. The van der Waals surface area contributed by atoms with Gasteiger partial charge in [-0.2, -0.15) is 18.3 Å². The molecule has 7 aromatic rings. The topological polar surface area (TPSA) is 72.9 Å². The van der Waals surface area contributed by atoms with Gasteiger partial charge in [0.1, 0.15) is 28.2 Å². The number of H-pyrrole nitrogens is 2. The van der Waals surface area contributed by atoms with Gasteiger partial charge >= 0.3 is 52.8 Å². The summed E-state index contributed by atoms with van der Waals surface area (Å²) >= 11 is 0. The molecule has 0 fully saturated rings. The van der Waals surface area contributed by atoms with Gasteiger partial charge in [0.15, 0.2) is 24.8 Å². The van der Waals surface area contributed by atoms with E-state index in [4.69, 9.17) is 9.97 Å². The van der Waals surface area contributed by atoms with Crippen molar-refractivity contribution < 1.29 is 105 Å². The van der Waals surface area contributed by atoms with Crippen LogP contribution in [-0.2, 0) is 28.2 Å². The van der Waals surface area contributed by atoms with Crippen molar-refractivity contribution in [3.8, 4) is 44.5 Å². The summed E-state index contributed by atoms with van der Waals surface area (Å²) < 4.78 is 226. The zero-order chi connectivity index (χ0) is 56.8. The maximum Gasteiger partial charge on any atom is 0.673 e. The van der Waals surface area contributed by atoms with Crippen LogP contribution in [0.2, 0.25) is 0 Å². The number of halogens is 20. The molecule has 0 spiro atoms. The van der Waals surface area contributed by atoms with Crippen LogP contribution < -0.4 is 18.3 Å². The number of pyridine rings is 4. The Morgan fingerprint density at radius 2 is 0.487 bits per heavy atom. The second-order valence-corrected chi connectivity index (χ2v) is 15.8. The van der Waals surface area contributed by atoms with Gasteiger partial charge in [-0.1, -0.05) is 0 Å². The summed E-state index contributed by atoms with van der Waals surface area (Å²) in [4.78, 5) is 17.0. The van der Waals surface area contributed by atoms with Crippen molar-refractivity contribution in [3.63, 3.8) is 0 Å². The molecule has 402 valence electrons. The number of hydrogen-bond donors (Lipinski definition) is 2. The van der Waals surface area contributed by atoms with Gasteiger partial charge in [-0.25, -0.2) is 9.97 Å². The van der Waals surface area contributed by atoms with Crippen LogP contribution in [0, 0.1) is 23.8 Å². The minimum absolute atomic E-state index is 0.264. The first-order chi connectivity index (χ1) is 35.1. The predicted octanol–water partition coefficient (Wildman–Crippen LogP) is 12.4. The number of nitrogens with one attached hydrogen (secondary N) is 2. The zero-order valence-electron chi connectivity index (χ0n) is 39.1. The standard InChI is InChI=1S/C44H34F4N8.4BF4/c1-53-21-5-9-25(41(53)45)37-29-13-15-31(49-29)38(26-10-6-22-54(2)42(26)46)33-17-19-35(51-33)40(28-12-8-24-56(4)44(28)48)36-20-18-34(52-36)39(32-16-14-30(37)50-32)27-11-7-23-55(3)43(27)47;4*2-1(3,4)5/h5-24,49,52H,1-4H3;;;;/q+4;4*-1. The molecule has 2 aliphatic rings. The number of aryl methyl sites for hydroxylation is 4. The first-order valence-corrected chi connectivity index (χ1v) is 21.3. The Balaban J connectivity index is 0.000000457. The summed E-state index contributed by atoms with van der Waals surface area (Å²) in [5, 5.41) is 0. The molecule has 0 unspecified atom stereocenters. The molecule has 0 amide bonds. The van der Waals surface area contributed by atoms with Crippen molar-refractivity contribution in [2.24, 2.45) is 28.2 Å². The fraction of sp³-hybridized carbons (Fsp3) is 0.0909. The van der Waals surface area contributed by atoms with E-state index in [0.29, 0.717) is 67.1 Å². The van der Waals surface area contributed by atoms with E-state index < -0.39 is 52.8 Å². The number of aromatic amines is 2.